The summed E-state index contributed by atoms with van der Waals surface area (Å²) in [5, 5.41) is 20.9. The number of nitro groups is 1. The molecule has 0 atom stereocenters. The third-order valence-electron chi connectivity index (χ3n) is 4.04. The number of aliphatic imine (C=N–C) groups is 1. The summed E-state index contributed by atoms with van der Waals surface area (Å²) in [5.41, 5.74) is 1.87. The number of aromatic nitrogens is 1. The van der Waals surface area contributed by atoms with E-state index in [9.17, 15) is 19.6 Å². The summed E-state index contributed by atoms with van der Waals surface area (Å²) in [6, 6.07) is 15.1. The first kappa shape index (κ1) is 17.3. The van der Waals surface area contributed by atoms with Crippen LogP contribution in [0.1, 0.15) is 5.56 Å². The van der Waals surface area contributed by atoms with E-state index in [0.717, 1.165) is 0 Å². The molecule has 0 spiro atoms. The molecule has 4 rings (SSSR count). The van der Waals surface area contributed by atoms with Crippen molar-refractivity contribution in [2.75, 3.05) is 0 Å². The van der Waals surface area contributed by atoms with Gasteiger partial charge >= 0.3 is 5.69 Å². The Morgan fingerprint density at radius 1 is 1.14 bits per heavy atom. The summed E-state index contributed by atoms with van der Waals surface area (Å²) in [5.74, 6) is -0.556. The van der Waals surface area contributed by atoms with Crippen molar-refractivity contribution in [3.8, 4) is 17.2 Å². The minimum absolute atomic E-state index is 0.215. The zero-order valence-electron chi connectivity index (χ0n) is 14.2. The van der Waals surface area contributed by atoms with Crippen LogP contribution in [-0.4, -0.2) is 21.2 Å². The summed E-state index contributed by atoms with van der Waals surface area (Å²) in [7, 11) is 0. The van der Waals surface area contributed by atoms with Crippen LogP contribution in [0.3, 0.4) is 0 Å². The topological polar surface area (TPSA) is 102 Å². The van der Waals surface area contributed by atoms with Gasteiger partial charge in [0.25, 0.3) is 0 Å². The lowest BCUT2D eigenvalue weighted by Gasteiger charge is -1.99. The largest absolute Gasteiger partial charge is 0.502 e. The molecule has 1 N–H and O–H groups in total. The summed E-state index contributed by atoms with van der Waals surface area (Å²) in [6.45, 7) is 0. The molecule has 3 aromatic carbocycles. The maximum Gasteiger partial charge on any atom is 0.311 e. The lowest BCUT2D eigenvalue weighted by Crippen LogP contribution is -1.91. The van der Waals surface area contributed by atoms with E-state index >= 15 is 0 Å². The van der Waals surface area contributed by atoms with Gasteiger partial charge in [-0.1, -0.05) is 12.1 Å². The molecule has 28 heavy (non-hydrogen) atoms. The summed E-state index contributed by atoms with van der Waals surface area (Å²) >= 11 is 0. The third kappa shape index (κ3) is 3.30. The van der Waals surface area contributed by atoms with E-state index in [4.69, 9.17) is 4.42 Å². The predicted molar refractivity (Wildman–Crippen MR) is 101 cm³/mol. The van der Waals surface area contributed by atoms with Crippen molar-refractivity contribution >= 4 is 28.7 Å². The Labute approximate surface area is 157 Å². The normalized spacial score (nSPS) is 11.3. The molecule has 1 heterocycles. The van der Waals surface area contributed by atoms with E-state index in [1.807, 2.05) is 0 Å². The molecule has 0 unspecified atom stereocenters. The number of benzene rings is 3. The number of aromatic hydroxyl groups is 1. The van der Waals surface area contributed by atoms with Crippen LogP contribution in [0.15, 0.2) is 70.1 Å². The van der Waals surface area contributed by atoms with E-state index in [2.05, 4.69) is 9.98 Å². The monoisotopic (exact) mass is 377 g/mol. The zero-order valence-corrected chi connectivity index (χ0v) is 14.2. The van der Waals surface area contributed by atoms with Crippen LogP contribution < -0.4 is 0 Å². The lowest BCUT2D eigenvalue weighted by molar-refractivity contribution is -0.385. The van der Waals surface area contributed by atoms with Gasteiger partial charge in [0, 0.05) is 29.5 Å². The Morgan fingerprint density at radius 2 is 1.96 bits per heavy atom. The Balaban J connectivity index is 1.66. The molecule has 0 fully saturated rings. The van der Waals surface area contributed by atoms with Gasteiger partial charge in [-0.3, -0.25) is 15.1 Å². The molecule has 0 radical (unpaired) electrons. The molecule has 0 bridgehead atoms. The highest BCUT2D eigenvalue weighted by molar-refractivity contribution is 5.88. The van der Waals surface area contributed by atoms with Gasteiger partial charge < -0.3 is 9.52 Å². The van der Waals surface area contributed by atoms with E-state index in [0.29, 0.717) is 22.4 Å². The van der Waals surface area contributed by atoms with Crippen LogP contribution >= 0.6 is 0 Å². The van der Waals surface area contributed by atoms with Crippen molar-refractivity contribution in [3.63, 3.8) is 0 Å². The van der Waals surface area contributed by atoms with Crippen LogP contribution in [0.25, 0.3) is 22.6 Å². The van der Waals surface area contributed by atoms with Gasteiger partial charge in [-0.15, -0.1) is 0 Å². The van der Waals surface area contributed by atoms with Crippen molar-refractivity contribution in [2.24, 2.45) is 4.99 Å². The number of phenols is 1. The molecule has 0 amide bonds. The summed E-state index contributed by atoms with van der Waals surface area (Å²) in [4.78, 5) is 18.8. The molecule has 0 saturated heterocycles. The molecule has 8 heteroatoms. The second-order valence-electron chi connectivity index (χ2n) is 5.91. The fourth-order valence-corrected chi connectivity index (χ4v) is 2.68. The van der Waals surface area contributed by atoms with E-state index in [1.54, 1.807) is 30.3 Å². The molecule has 0 aliphatic carbocycles. The highest BCUT2D eigenvalue weighted by Gasteiger charge is 2.15. The average molecular weight is 377 g/mol. The van der Waals surface area contributed by atoms with Crippen LogP contribution in [0.4, 0.5) is 15.8 Å². The predicted octanol–water partition coefficient (Wildman–Crippen LogP) is 5.00. The SMILES string of the molecule is O=[N+]([O-])c1cccc(C=Nc2ccc3nc(-c4cccc(F)c4)oc3c2)c1O. The zero-order chi connectivity index (χ0) is 19.7. The van der Waals surface area contributed by atoms with Crippen molar-refractivity contribution in [3.05, 3.63) is 82.2 Å². The van der Waals surface area contributed by atoms with Gasteiger partial charge in [0.2, 0.25) is 11.6 Å². The van der Waals surface area contributed by atoms with Gasteiger partial charge in [0.15, 0.2) is 5.58 Å². The van der Waals surface area contributed by atoms with Gasteiger partial charge in [-0.25, -0.2) is 9.37 Å². The number of nitrogens with zero attached hydrogens (tertiary/aromatic N) is 3. The fourth-order valence-electron chi connectivity index (χ4n) is 2.68. The second-order valence-corrected chi connectivity index (χ2v) is 5.91. The van der Waals surface area contributed by atoms with E-state index < -0.39 is 16.4 Å². The first-order valence-corrected chi connectivity index (χ1v) is 8.18. The van der Waals surface area contributed by atoms with Gasteiger partial charge in [0.1, 0.15) is 11.3 Å². The van der Waals surface area contributed by atoms with Crippen LogP contribution in [0.5, 0.6) is 5.75 Å². The molecule has 0 aliphatic rings. The first-order chi connectivity index (χ1) is 13.5. The second kappa shape index (κ2) is 6.92. The number of halogens is 1. The van der Waals surface area contributed by atoms with Crippen LogP contribution in [0, 0.1) is 15.9 Å². The smallest absolute Gasteiger partial charge is 0.311 e. The van der Waals surface area contributed by atoms with Gasteiger partial charge in [-0.05, 0) is 36.4 Å². The summed E-state index contributed by atoms with van der Waals surface area (Å²) in [6.07, 6.45) is 1.33. The first-order valence-electron chi connectivity index (χ1n) is 8.18. The number of nitro benzene ring substituents is 1. The van der Waals surface area contributed by atoms with Crippen molar-refractivity contribution in [1.29, 1.82) is 0 Å². The third-order valence-corrected chi connectivity index (χ3v) is 4.04. The minimum Gasteiger partial charge on any atom is -0.502 e. The molecule has 1 aromatic heterocycles. The van der Waals surface area contributed by atoms with Crippen molar-refractivity contribution in [1.82, 2.24) is 4.98 Å². The van der Waals surface area contributed by atoms with E-state index in [-0.39, 0.29) is 17.3 Å². The molecular weight excluding hydrogens is 365 g/mol. The number of fused-ring (bicyclic) bond motifs is 1. The van der Waals surface area contributed by atoms with Gasteiger partial charge in [-0.2, -0.15) is 0 Å². The van der Waals surface area contributed by atoms with Crippen molar-refractivity contribution in [2.45, 2.75) is 0 Å². The number of oxazole rings is 1. The molecule has 138 valence electrons. The maximum atomic E-state index is 13.4. The number of hydrogen-bond donors (Lipinski definition) is 1. The number of rotatable bonds is 4. The summed E-state index contributed by atoms with van der Waals surface area (Å²) < 4.78 is 19.1. The van der Waals surface area contributed by atoms with Crippen LogP contribution in [-0.2, 0) is 0 Å². The van der Waals surface area contributed by atoms with E-state index in [1.165, 1.54) is 36.5 Å². The lowest BCUT2D eigenvalue weighted by atomic mass is 10.2. The number of phenolic OH excluding ortho intramolecular Hbond substituents is 1. The number of para-hydroxylation sites is 1. The number of hydrogen-bond acceptors (Lipinski definition) is 6. The Kier molecular flexibility index (Phi) is 4.29. The fraction of sp³-hybridized carbons (Fsp3) is 0. The van der Waals surface area contributed by atoms with Gasteiger partial charge in [0.05, 0.1) is 10.6 Å². The highest BCUT2D eigenvalue weighted by atomic mass is 19.1. The quantitative estimate of drug-likeness (QED) is 0.306. The molecule has 7 nitrogen and oxygen atoms in total. The highest BCUT2D eigenvalue weighted by Crippen LogP contribution is 2.30. The molecule has 0 aliphatic heterocycles. The Morgan fingerprint density at radius 3 is 2.75 bits per heavy atom. The standard InChI is InChI=1S/C20H12FN3O4/c21-14-5-1-3-12(9-14)20-23-16-8-7-15(10-18(16)28-20)22-11-13-4-2-6-17(19(13)25)24(26)27/h1-11,25H. The maximum absolute atomic E-state index is 13.4. The average Bonchev–Trinajstić information content (AvgIpc) is 3.10. The molecule has 0 saturated carbocycles. The van der Waals surface area contributed by atoms with Crippen molar-refractivity contribution < 1.29 is 18.8 Å². The Bertz CT molecular complexity index is 1230. The molecule has 4 aromatic rings. The minimum atomic E-state index is -0.665. The van der Waals surface area contributed by atoms with Crippen LogP contribution in [0.2, 0.25) is 0 Å². The Hall–Kier alpha value is -4.07. The molecular formula is C20H12FN3O4.